The number of unbranched alkanes of at least 4 members (excludes halogenated alkanes) is 2. The zero-order chi connectivity index (χ0) is 17.3. The molecule has 0 heterocycles. The molecule has 2 rings (SSSR count). The van der Waals surface area contributed by atoms with Gasteiger partial charge in [0.15, 0.2) is 5.60 Å². The highest BCUT2D eigenvalue weighted by Gasteiger charge is 2.28. The molecule has 0 saturated heterocycles. The van der Waals surface area contributed by atoms with Gasteiger partial charge in [-0.3, -0.25) is 0 Å². The molecule has 122 valence electrons. The third kappa shape index (κ3) is 4.72. The number of rotatable bonds is 6. The first kappa shape index (κ1) is 17.8. The second-order valence-corrected chi connectivity index (χ2v) is 5.87. The molecule has 2 aromatic carbocycles. The number of hydrogen-bond donors (Lipinski definition) is 1. The molecule has 1 atom stereocenters. The van der Waals surface area contributed by atoms with Gasteiger partial charge in [-0.25, -0.2) is 0 Å². The van der Waals surface area contributed by atoms with E-state index in [1.165, 1.54) is 0 Å². The van der Waals surface area contributed by atoms with Crippen LogP contribution in [0.25, 0.3) is 11.1 Å². The largest absolute Gasteiger partial charge is 0.371 e. The summed E-state index contributed by atoms with van der Waals surface area (Å²) in [4.78, 5) is 0. The average Bonchev–Trinajstić information content (AvgIpc) is 2.65. The Morgan fingerprint density at radius 3 is 2.17 bits per heavy atom. The summed E-state index contributed by atoms with van der Waals surface area (Å²) in [7, 11) is 0. The molecule has 2 aromatic rings. The molecular formula is C22H23NO. The van der Waals surface area contributed by atoms with Gasteiger partial charge in [0.1, 0.15) is 6.07 Å². The molecule has 0 bridgehead atoms. The van der Waals surface area contributed by atoms with Crippen LogP contribution in [-0.4, -0.2) is 5.11 Å². The van der Waals surface area contributed by atoms with Crippen molar-refractivity contribution in [3.05, 3.63) is 60.2 Å². The van der Waals surface area contributed by atoms with Crippen LogP contribution in [0.3, 0.4) is 0 Å². The summed E-state index contributed by atoms with van der Waals surface area (Å²) in [6.07, 6.45) is 3.95. The average molecular weight is 317 g/mol. The topological polar surface area (TPSA) is 44.0 Å². The molecule has 1 unspecified atom stereocenters. The number of nitrogens with zero attached hydrogens (tertiary/aromatic N) is 1. The van der Waals surface area contributed by atoms with Crippen molar-refractivity contribution in [2.45, 2.75) is 44.6 Å². The fourth-order valence-electron chi connectivity index (χ4n) is 2.52. The van der Waals surface area contributed by atoms with Gasteiger partial charge in [-0.05, 0) is 23.1 Å². The Morgan fingerprint density at radius 1 is 0.917 bits per heavy atom. The van der Waals surface area contributed by atoms with Crippen molar-refractivity contribution in [3.63, 3.8) is 0 Å². The van der Waals surface area contributed by atoms with Crippen molar-refractivity contribution >= 4 is 0 Å². The Hall–Kier alpha value is -2.55. The molecule has 0 aliphatic carbocycles. The van der Waals surface area contributed by atoms with E-state index < -0.39 is 5.60 Å². The highest BCUT2D eigenvalue weighted by Crippen LogP contribution is 2.28. The fourth-order valence-corrected chi connectivity index (χ4v) is 2.52. The summed E-state index contributed by atoms with van der Waals surface area (Å²) in [6.45, 7) is 2.13. The lowest BCUT2D eigenvalue weighted by atomic mass is 9.89. The third-order valence-corrected chi connectivity index (χ3v) is 4.05. The van der Waals surface area contributed by atoms with Crippen molar-refractivity contribution < 1.29 is 5.11 Å². The molecule has 0 aliphatic rings. The lowest BCUT2D eigenvalue weighted by Gasteiger charge is -2.20. The Bertz CT molecular complexity index is 732. The normalized spacial score (nSPS) is 12.5. The second kappa shape index (κ2) is 8.92. The van der Waals surface area contributed by atoms with Crippen LogP contribution in [0.5, 0.6) is 0 Å². The van der Waals surface area contributed by atoms with Crippen LogP contribution in [0, 0.1) is 23.2 Å². The first-order valence-electron chi connectivity index (χ1n) is 8.45. The van der Waals surface area contributed by atoms with E-state index in [1.807, 2.05) is 60.7 Å². The zero-order valence-electron chi connectivity index (χ0n) is 14.1. The maximum absolute atomic E-state index is 10.6. The van der Waals surface area contributed by atoms with Gasteiger partial charge in [0, 0.05) is 19.3 Å². The summed E-state index contributed by atoms with van der Waals surface area (Å²) < 4.78 is 0. The van der Waals surface area contributed by atoms with Gasteiger partial charge in [-0.1, -0.05) is 67.9 Å². The molecule has 2 nitrogen and oxygen atoms in total. The monoisotopic (exact) mass is 317 g/mol. The van der Waals surface area contributed by atoms with Crippen molar-refractivity contribution in [2.24, 2.45) is 0 Å². The molecular weight excluding hydrogens is 294 g/mol. The minimum Gasteiger partial charge on any atom is -0.371 e. The lowest BCUT2D eigenvalue weighted by Crippen LogP contribution is -2.23. The zero-order valence-corrected chi connectivity index (χ0v) is 14.1. The standard InChI is InChI=1S/C22H23NO/c1-2-3-4-5-6-10-17-22(24,18-23)21-15-13-20(14-16-21)19-11-8-7-9-12-19/h7-9,11-16,24H,2-4,10,17H2,1H3. The number of nitriles is 1. The first-order valence-corrected chi connectivity index (χ1v) is 8.45. The van der Waals surface area contributed by atoms with E-state index in [0.717, 1.165) is 30.4 Å². The van der Waals surface area contributed by atoms with Crippen LogP contribution < -0.4 is 0 Å². The quantitative estimate of drug-likeness (QED) is 0.461. The van der Waals surface area contributed by atoms with Gasteiger partial charge in [0.25, 0.3) is 0 Å². The van der Waals surface area contributed by atoms with Crippen LogP contribution >= 0.6 is 0 Å². The van der Waals surface area contributed by atoms with E-state index in [4.69, 9.17) is 0 Å². The Balaban J connectivity index is 2.06. The van der Waals surface area contributed by atoms with Gasteiger partial charge in [-0.15, -0.1) is 11.8 Å². The predicted molar refractivity (Wildman–Crippen MR) is 97.9 cm³/mol. The lowest BCUT2D eigenvalue weighted by molar-refractivity contribution is 0.0896. The molecule has 0 amide bonds. The number of hydrogen-bond acceptors (Lipinski definition) is 2. The van der Waals surface area contributed by atoms with Gasteiger partial charge < -0.3 is 5.11 Å². The van der Waals surface area contributed by atoms with Crippen LogP contribution in [0.1, 0.15) is 44.6 Å². The van der Waals surface area contributed by atoms with Crippen LogP contribution in [-0.2, 0) is 5.60 Å². The van der Waals surface area contributed by atoms with Crippen molar-refractivity contribution in [3.8, 4) is 29.0 Å². The van der Waals surface area contributed by atoms with E-state index >= 15 is 0 Å². The Labute approximate surface area is 144 Å². The number of aliphatic hydroxyl groups is 1. The molecule has 0 aromatic heterocycles. The second-order valence-electron chi connectivity index (χ2n) is 5.87. The highest BCUT2D eigenvalue weighted by atomic mass is 16.3. The molecule has 0 aliphatic heterocycles. The third-order valence-electron chi connectivity index (χ3n) is 4.05. The summed E-state index contributed by atoms with van der Waals surface area (Å²) >= 11 is 0. The molecule has 0 fully saturated rings. The van der Waals surface area contributed by atoms with Gasteiger partial charge >= 0.3 is 0 Å². The maximum atomic E-state index is 10.6. The summed E-state index contributed by atoms with van der Waals surface area (Å²) in [6, 6.07) is 19.6. The predicted octanol–water partition coefficient (Wildman–Crippen LogP) is 5.04. The van der Waals surface area contributed by atoms with Crippen LogP contribution in [0.2, 0.25) is 0 Å². The molecule has 0 spiro atoms. The van der Waals surface area contributed by atoms with Gasteiger partial charge in [0.2, 0.25) is 0 Å². The van der Waals surface area contributed by atoms with Gasteiger partial charge in [0.05, 0.1) is 0 Å². The van der Waals surface area contributed by atoms with Crippen molar-refractivity contribution in [1.29, 1.82) is 5.26 Å². The summed E-state index contributed by atoms with van der Waals surface area (Å²) in [5, 5.41) is 20.0. The van der Waals surface area contributed by atoms with E-state index in [1.54, 1.807) is 0 Å². The molecule has 2 heteroatoms. The summed E-state index contributed by atoms with van der Waals surface area (Å²) in [5.74, 6) is 6.15. The minimum atomic E-state index is -1.48. The SMILES string of the molecule is CCCCC#CCCC(O)(C#N)c1ccc(-c2ccccc2)cc1. The maximum Gasteiger partial charge on any atom is 0.177 e. The van der Waals surface area contributed by atoms with E-state index in [0.29, 0.717) is 18.4 Å². The molecule has 0 radical (unpaired) electrons. The van der Waals surface area contributed by atoms with Crippen LogP contribution in [0.4, 0.5) is 0 Å². The van der Waals surface area contributed by atoms with Crippen molar-refractivity contribution in [1.82, 2.24) is 0 Å². The minimum absolute atomic E-state index is 0.327. The molecule has 24 heavy (non-hydrogen) atoms. The first-order chi connectivity index (χ1) is 11.7. The fraction of sp³-hybridized carbons (Fsp3) is 0.318. The Morgan fingerprint density at radius 2 is 1.54 bits per heavy atom. The Kier molecular flexibility index (Phi) is 6.62. The van der Waals surface area contributed by atoms with E-state index in [-0.39, 0.29) is 0 Å². The van der Waals surface area contributed by atoms with Crippen molar-refractivity contribution in [2.75, 3.05) is 0 Å². The van der Waals surface area contributed by atoms with Crippen LogP contribution in [0.15, 0.2) is 54.6 Å². The number of benzene rings is 2. The smallest absolute Gasteiger partial charge is 0.177 e. The van der Waals surface area contributed by atoms with E-state index in [9.17, 15) is 10.4 Å². The summed E-state index contributed by atoms with van der Waals surface area (Å²) in [5.41, 5.74) is 1.33. The highest BCUT2D eigenvalue weighted by molar-refractivity contribution is 5.63. The van der Waals surface area contributed by atoms with E-state index in [2.05, 4.69) is 18.8 Å². The van der Waals surface area contributed by atoms with Gasteiger partial charge in [-0.2, -0.15) is 5.26 Å². The molecule has 0 saturated carbocycles. The molecule has 1 N–H and O–H groups in total.